The zero-order valence-electron chi connectivity index (χ0n) is 9.33. The van der Waals surface area contributed by atoms with E-state index in [4.69, 9.17) is 0 Å². The third-order valence-corrected chi connectivity index (χ3v) is 2.90. The summed E-state index contributed by atoms with van der Waals surface area (Å²) in [7, 11) is 2.10. The van der Waals surface area contributed by atoms with Gasteiger partial charge in [-0.05, 0) is 36.1 Å². The summed E-state index contributed by atoms with van der Waals surface area (Å²) >= 11 is 0. The van der Waals surface area contributed by atoms with E-state index in [1.807, 2.05) is 0 Å². The van der Waals surface area contributed by atoms with Gasteiger partial charge in [-0.25, -0.2) is 0 Å². The molecule has 1 heterocycles. The first kappa shape index (κ1) is 9.32. The van der Waals surface area contributed by atoms with Crippen LogP contribution in [0.25, 0.3) is 10.9 Å². The molecule has 0 fully saturated rings. The van der Waals surface area contributed by atoms with Gasteiger partial charge in [0.1, 0.15) is 0 Å². The van der Waals surface area contributed by atoms with Crippen molar-refractivity contribution < 1.29 is 0 Å². The molecule has 0 aliphatic rings. The topological polar surface area (TPSA) is 4.93 Å². The minimum absolute atomic E-state index is 0.605. The molecular weight excluding hydrogens is 170 g/mol. The van der Waals surface area contributed by atoms with Crippen LogP contribution in [0.3, 0.4) is 0 Å². The van der Waals surface area contributed by atoms with E-state index in [2.05, 4.69) is 56.8 Å². The Morgan fingerprint density at radius 3 is 2.57 bits per heavy atom. The van der Waals surface area contributed by atoms with Gasteiger partial charge in [-0.2, -0.15) is 0 Å². The van der Waals surface area contributed by atoms with Gasteiger partial charge in [0, 0.05) is 24.1 Å². The smallest absolute Gasteiger partial charge is 0.0483 e. The summed E-state index contributed by atoms with van der Waals surface area (Å²) in [6.45, 7) is 6.67. The number of fused-ring (bicyclic) bond motifs is 1. The van der Waals surface area contributed by atoms with Gasteiger partial charge in [0.25, 0.3) is 0 Å². The Balaban J connectivity index is 2.75. The molecule has 0 saturated heterocycles. The fraction of sp³-hybridized carbons (Fsp3) is 0.385. The lowest BCUT2D eigenvalue weighted by molar-refractivity contribution is 0.864. The van der Waals surface area contributed by atoms with Gasteiger partial charge in [0.05, 0.1) is 0 Å². The minimum Gasteiger partial charge on any atom is -0.351 e. The molecule has 0 aliphatic carbocycles. The maximum atomic E-state index is 2.30. The van der Waals surface area contributed by atoms with Gasteiger partial charge in [0.2, 0.25) is 0 Å². The summed E-state index contributed by atoms with van der Waals surface area (Å²) in [4.78, 5) is 0. The standard InChI is InChI=1S/C13H17N/c1-9(2)11-7-10(3)12-5-6-14(4)13(12)8-11/h5-9H,1-4H3. The number of benzene rings is 1. The average molecular weight is 187 g/mol. The van der Waals surface area contributed by atoms with Crippen LogP contribution in [0, 0.1) is 6.92 Å². The molecule has 0 saturated carbocycles. The fourth-order valence-electron chi connectivity index (χ4n) is 1.92. The van der Waals surface area contributed by atoms with Crippen molar-refractivity contribution in [3.63, 3.8) is 0 Å². The van der Waals surface area contributed by atoms with E-state index >= 15 is 0 Å². The second kappa shape index (κ2) is 3.16. The molecule has 1 aromatic carbocycles. The Kier molecular flexibility index (Phi) is 2.10. The third-order valence-electron chi connectivity index (χ3n) is 2.90. The molecule has 0 spiro atoms. The highest BCUT2D eigenvalue weighted by Gasteiger charge is 2.05. The second-order valence-corrected chi connectivity index (χ2v) is 4.35. The van der Waals surface area contributed by atoms with E-state index in [1.165, 1.54) is 22.0 Å². The van der Waals surface area contributed by atoms with Crippen LogP contribution in [0.2, 0.25) is 0 Å². The lowest BCUT2D eigenvalue weighted by atomic mass is 9.99. The molecule has 0 unspecified atom stereocenters. The first-order chi connectivity index (χ1) is 6.59. The molecule has 2 rings (SSSR count). The molecule has 0 atom stereocenters. The summed E-state index contributed by atoms with van der Waals surface area (Å²) < 4.78 is 2.19. The van der Waals surface area contributed by atoms with Crippen LogP contribution < -0.4 is 0 Å². The van der Waals surface area contributed by atoms with E-state index in [9.17, 15) is 0 Å². The quantitative estimate of drug-likeness (QED) is 0.642. The molecule has 0 aliphatic heterocycles. The van der Waals surface area contributed by atoms with Crippen molar-refractivity contribution in [2.24, 2.45) is 7.05 Å². The van der Waals surface area contributed by atoms with Crippen molar-refractivity contribution in [2.45, 2.75) is 26.7 Å². The highest BCUT2D eigenvalue weighted by Crippen LogP contribution is 2.25. The number of aromatic nitrogens is 1. The maximum Gasteiger partial charge on any atom is 0.0483 e. The largest absolute Gasteiger partial charge is 0.351 e. The lowest BCUT2D eigenvalue weighted by Gasteiger charge is -2.08. The van der Waals surface area contributed by atoms with Gasteiger partial charge in [-0.3, -0.25) is 0 Å². The Hall–Kier alpha value is -1.24. The van der Waals surface area contributed by atoms with Crippen molar-refractivity contribution in [1.29, 1.82) is 0 Å². The first-order valence-corrected chi connectivity index (χ1v) is 5.15. The van der Waals surface area contributed by atoms with Crippen molar-refractivity contribution >= 4 is 10.9 Å². The summed E-state index contributed by atoms with van der Waals surface area (Å²) in [5.74, 6) is 0.605. The zero-order valence-corrected chi connectivity index (χ0v) is 9.33. The molecule has 1 aromatic heterocycles. The van der Waals surface area contributed by atoms with Crippen molar-refractivity contribution in [3.8, 4) is 0 Å². The highest BCUT2D eigenvalue weighted by atomic mass is 14.9. The van der Waals surface area contributed by atoms with Gasteiger partial charge >= 0.3 is 0 Å². The van der Waals surface area contributed by atoms with Crippen molar-refractivity contribution in [1.82, 2.24) is 4.57 Å². The Labute approximate surface area is 85.4 Å². The van der Waals surface area contributed by atoms with Crippen LogP contribution in [-0.2, 0) is 7.05 Å². The van der Waals surface area contributed by atoms with E-state index in [-0.39, 0.29) is 0 Å². The summed E-state index contributed by atoms with van der Waals surface area (Å²) in [6.07, 6.45) is 2.13. The molecule has 74 valence electrons. The Morgan fingerprint density at radius 1 is 1.21 bits per heavy atom. The second-order valence-electron chi connectivity index (χ2n) is 4.35. The van der Waals surface area contributed by atoms with Crippen LogP contribution in [0.1, 0.15) is 30.9 Å². The number of hydrogen-bond donors (Lipinski definition) is 0. The predicted molar refractivity (Wildman–Crippen MR) is 61.7 cm³/mol. The summed E-state index contributed by atoms with van der Waals surface area (Å²) in [5.41, 5.74) is 4.15. The van der Waals surface area contributed by atoms with Crippen LogP contribution >= 0.6 is 0 Å². The predicted octanol–water partition coefficient (Wildman–Crippen LogP) is 3.61. The normalized spacial score (nSPS) is 11.5. The molecule has 0 bridgehead atoms. The molecule has 1 nitrogen and oxygen atoms in total. The number of aryl methyl sites for hydroxylation is 2. The molecule has 1 heteroatoms. The molecule has 14 heavy (non-hydrogen) atoms. The molecule has 0 radical (unpaired) electrons. The summed E-state index contributed by atoms with van der Waals surface area (Å²) in [6, 6.07) is 6.79. The van der Waals surface area contributed by atoms with Gasteiger partial charge < -0.3 is 4.57 Å². The van der Waals surface area contributed by atoms with Gasteiger partial charge in [0.15, 0.2) is 0 Å². The fourth-order valence-corrected chi connectivity index (χ4v) is 1.92. The van der Waals surface area contributed by atoms with E-state index in [0.717, 1.165) is 0 Å². The van der Waals surface area contributed by atoms with Gasteiger partial charge in [-0.1, -0.05) is 19.9 Å². The van der Waals surface area contributed by atoms with Crippen LogP contribution in [-0.4, -0.2) is 4.57 Å². The van der Waals surface area contributed by atoms with E-state index in [0.29, 0.717) is 5.92 Å². The monoisotopic (exact) mass is 187 g/mol. The molecule has 0 amide bonds. The van der Waals surface area contributed by atoms with Crippen molar-refractivity contribution in [3.05, 3.63) is 35.5 Å². The minimum atomic E-state index is 0.605. The van der Waals surface area contributed by atoms with Crippen LogP contribution in [0.15, 0.2) is 24.4 Å². The third kappa shape index (κ3) is 1.33. The summed E-state index contributed by atoms with van der Waals surface area (Å²) in [5, 5.41) is 1.37. The molecule has 0 N–H and O–H groups in total. The number of hydrogen-bond acceptors (Lipinski definition) is 0. The number of nitrogens with zero attached hydrogens (tertiary/aromatic N) is 1. The van der Waals surface area contributed by atoms with Crippen molar-refractivity contribution in [2.75, 3.05) is 0 Å². The molecule has 2 aromatic rings. The van der Waals surface area contributed by atoms with E-state index in [1.54, 1.807) is 0 Å². The first-order valence-electron chi connectivity index (χ1n) is 5.15. The lowest BCUT2D eigenvalue weighted by Crippen LogP contribution is -1.91. The SMILES string of the molecule is Cc1cc(C(C)C)cc2c1ccn2C. The maximum absolute atomic E-state index is 2.30. The van der Waals surface area contributed by atoms with Crippen LogP contribution in [0.5, 0.6) is 0 Å². The Bertz CT molecular complexity index is 463. The Morgan fingerprint density at radius 2 is 1.93 bits per heavy atom. The van der Waals surface area contributed by atoms with E-state index < -0.39 is 0 Å². The van der Waals surface area contributed by atoms with Crippen LogP contribution in [0.4, 0.5) is 0 Å². The zero-order chi connectivity index (χ0) is 10.3. The van der Waals surface area contributed by atoms with Gasteiger partial charge in [-0.15, -0.1) is 0 Å². The highest BCUT2D eigenvalue weighted by molar-refractivity contribution is 5.84. The molecular formula is C13H17N. The number of rotatable bonds is 1. The average Bonchev–Trinajstić information content (AvgIpc) is 2.48.